The predicted molar refractivity (Wildman–Crippen MR) is 86.1 cm³/mol. The van der Waals surface area contributed by atoms with Crippen LogP contribution in [-0.4, -0.2) is 66.1 Å². The van der Waals surface area contributed by atoms with Crippen LogP contribution in [0.2, 0.25) is 0 Å². The number of piperazine rings is 1. The lowest BCUT2D eigenvalue weighted by atomic mass is 10.0. The minimum atomic E-state index is -0.0197. The fraction of sp³-hybridized carbons (Fsp3) is 0.938. The van der Waals surface area contributed by atoms with Gasteiger partial charge in [-0.1, -0.05) is 12.8 Å². The molecule has 3 N–H and O–H groups in total. The van der Waals surface area contributed by atoms with Gasteiger partial charge in [0.25, 0.3) is 0 Å². The lowest BCUT2D eigenvalue weighted by Gasteiger charge is -2.44. The topological polar surface area (TPSA) is 61.6 Å². The fourth-order valence-electron chi connectivity index (χ4n) is 3.40. The van der Waals surface area contributed by atoms with E-state index in [1.807, 2.05) is 6.92 Å². The highest BCUT2D eigenvalue weighted by molar-refractivity contribution is 5.81. The van der Waals surface area contributed by atoms with E-state index in [4.69, 9.17) is 5.73 Å². The van der Waals surface area contributed by atoms with Crippen LogP contribution >= 0.6 is 0 Å². The molecule has 0 aromatic carbocycles. The average molecular weight is 296 g/mol. The lowest BCUT2D eigenvalue weighted by Crippen LogP contribution is -2.60. The normalized spacial score (nSPS) is 24.2. The standard InChI is InChI=1S/C16H32N4O/c1-13(15(21)18-14-6-4-5-7-14)19-8-10-20(11-9-19)16(2,3)12-17/h13-14H,4-12,17H2,1-3H3,(H,18,21). The highest BCUT2D eigenvalue weighted by atomic mass is 16.2. The Morgan fingerprint density at radius 1 is 1.24 bits per heavy atom. The molecule has 0 aromatic heterocycles. The van der Waals surface area contributed by atoms with Gasteiger partial charge in [-0.15, -0.1) is 0 Å². The highest BCUT2D eigenvalue weighted by Gasteiger charge is 2.32. The highest BCUT2D eigenvalue weighted by Crippen LogP contribution is 2.19. The van der Waals surface area contributed by atoms with E-state index < -0.39 is 0 Å². The first-order valence-electron chi connectivity index (χ1n) is 8.43. The van der Waals surface area contributed by atoms with E-state index in [9.17, 15) is 4.79 Å². The molecule has 1 atom stereocenters. The van der Waals surface area contributed by atoms with Crippen LogP contribution in [-0.2, 0) is 4.79 Å². The third kappa shape index (κ3) is 4.18. The van der Waals surface area contributed by atoms with Crippen LogP contribution in [0.15, 0.2) is 0 Å². The molecule has 1 saturated heterocycles. The number of nitrogens with zero attached hydrogens (tertiary/aromatic N) is 2. The second-order valence-electron chi connectivity index (χ2n) is 7.21. The van der Waals surface area contributed by atoms with Gasteiger partial charge in [-0.2, -0.15) is 0 Å². The van der Waals surface area contributed by atoms with E-state index in [2.05, 4.69) is 29.0 Å². The van der Waals surface area contributed by atoms with Gasteiger partial charge in [0.05, 0.1) is 6.04 Å². The zero-order valence-corrected chi connectivity index (χ0v) is 13.9. The molecular weight excluding hydrogens is 264 g/mol. The van der Waals surface area contributed by atoms with Gasteiger partial charge < -0.3 is 11.1 Å². The van der Waals surface area contributed by atoms with Crippen LogP contribution < -0.4 is 11.1 Å². The first-order chi connectivity index (χ1) is 9.94. The minimum Gasteiger partial charge on any atom is -0.352 e. The number of hydrogen-bond donors (Lipinski definition) is 2. The number of carbonyl (C=O) groups is 1. The molecule has 0 aromatic rings. The van der Waals surface area contributed by atoms with Crippen molar-refractivity contribution in [2.24, 2.45) is 5.73 Å². The third-order valence-electron chi connectivity index (χ3n) is 5.30. The zero-order chi connectivity index (χ0) is 15.5. The van der Waals surface area contributed by atoms with Gasteiger partial charge in [0.2, 0.25) is 5.91 Å². The van der Waals surface area contributed by atoms with Crippen molar-refractivity contribution in [3.8, 4) is 0 Å². The number of nitrogens with one attached hydrogen (secondary N) is 1. The first-order valence-corrected chi connectivity index (χ1v) is 8.43. The summed E-state index contributed by atoms with van der Waals surface area (Å²) >= 11 is 0. The SMILES string of the molecule is CC(C(=O)NC1CCCC1)N1CCN(C(C)(C)CN)CC1. The first kappa shape index (κ1) is 16.7. The van der Waals surface area contributed by atoms with Gasteiger partial charge >= 0.3 is 0 Å². The van der Waals surface area contributed by atoms with Crippen molar-refractivity contribution in [1.29, 1.82) is 0 Å². The fourth-order valence-corrected chi connectivity index (χ4v) is 3.40. The van der Waals surface area contributed by atoms with Crippen LogP contribution in [0, 0.1) is 0 Å². The van der Waals surface area contributed by atoms with Crippen molar-refractivity contribution in [2.75, 3.05) is 32.7 Å². The van der Waals surface area contributed by atoms with E-state index in [0.29, 0.717) is 12.6 Å². The molecule has 1 amide bonds. The van der Waals surface area contributed by atoms with E-state index >= 15 is 0 Å². The summed E-state index contributed by atoms with van der Waals surface area (Å²) in [6.07, 6.45) is 4.81. The molecule has 2 aliphatic rings. The number of rotatable bonds is 5. The molecular formula is C16H32N4O. The summed E-state index contributed by atoms with van der Waals surface area (Å²) in [5.74, 6) is 0.202. The maximum atomic E-state index is 12.3. The van der Waals surface area contributed by atoms with Gasteiger partial charge in [0, 0.05) is 44.3 Å². The number of nitrogens with two attached hydrogens (primary N) is 1. The lowest BCUT2D eigenvalue weighted by molar-refractivity contribution is -0.127. The molecule has 0 spiro atoms. The maximum Gasteiger partial charge on any atom is 0.237 e. The monoisotopic (exact) mass is 296 g/mol. The Hall–Kier alpha value is -0.650. The summed E-state index contributed by atoms with van der Waals surface area (Å²) < 4.78 is 0. The van der Waals surface area contributed by atoms with Crippen molar-refractivity contribution < 1.29 is 4.79 Å². The molecule has 0 bridgehead atoms. The van der Waals surface area contributed by atoms with Gasteiger partial charge in [0.1, 0.15) is 0 Å². The van der Waals surface area contributed by atoms with Crippen molar-refractivity contribution in [2.45, 2.75) is 64.1 Å². The van der Waals surface area contributed by atoms with Crippen LogP contribution in [0.3, 0.4) is 0 Å². The summed E-state index contributed by atoms with van der Waals surface area (Å²) in [6.45, 7) is 11.0. The van der Waals surface area contributed by atoms with Crippen molar-refractivity contribution in [3.63, 3.8) is 0 Å². The van der Waals surface area contributed by atoms with Crippen LogP contribution in [0.5, 0.6) is 0 Å². The van der Waals surface area contributed by atoms with Crippen LogP contribution in [0.1, 0.15) is 46.5 Å². The van der Waals surface area contributed by atoms with E-state index in [1.165, 1.54) is 12.8 Å². The Labute approximate surface area is 129 Å². The molecule has 1 aliphatic carbocycles. The smallest absolute Gasteiger partial charge is 0.237 e. The molecule has 5 heteroatoms. The van der Waals surface area contributed by atoms with E-state index in [0.717, 1.165) is 39.0 Å². The number of amides is 1. The molecule has 0 radical (unpaired) electrons. The van der Waals surface area contributed by atoms with Gasteiger partial charge in [-0.3, -0.25) is 14.6 Å². The summed E-state index contributed by atoms with van der Waals surface area (Å²) in [5.41, 5.74) is 5.91. The minimum absolute atomic E-state index is 0.0197. The quantitative estimate of drug-likeness (QED) is 0.787. The van der Waals surface area contributed by atoms with Gasteiger partial charge in [-0.25, -0.2) is 0 Å². The second kappa shape index (κ2) is 7.07. The largest absolute Gasteiger partial charge is 0.352 e. The number of hydrogen-bond acceptors (Lipinski definition) is 4. The molecule has 5 nitrogen and oxygen atoms in total. The molecule has 2 rings (SSSR count). The number of carbonyl (C=O) groups excluding carboxylic acids is 1. The summed E-state index contributed by atoms with van der Waals surface area (Å²) in [7, 11) is 0. The summed E-state index contributed by atoms with van der Waals surface area (Å²) in [6, 6.07) is 0.395. The summed E-state index contributed by atoms with van der Waals surface area (Å²) in [4.78, 5) is 17.1. The van der Waals surface area contributed by atoms with Gasteiger partial charge in [0.15, 0.2) is 0 Å². The molecule has 1 saturated carbocycles. The second-order valence-corrected chi connectivity index (χ2v) is 7.21. The Kier molecular flexibility index (Phi) is 5.63. The molecule has 1 heterocycles. The Bertz CT molecular complexity index is 344. The third-order valence-corrected chi connectivity index (χ3v) is 5.30. The maximum absolute atomic E-state index is 12.3. The zero-order valence-electron chi connectivity index (χ0n) is 13.9. The molecule has 2 fully saturated rings. The summed E-state index contributed by atoms with van der Waals surface area (Å²) in [5, 5.41) is 3.21. The van der Waals surface area contributed by atoms with Crippen LogP contribution in [0.25, 0.3) is 0 Å². The Balaban J connectivity index is 1.79. The molecule has 21 heavy (non-hydrogen) atoms. The van der Waals surface area contributed by atoms with Crippen molar-refractivity contribution in [3.05, 3.63) is 0 Å². The van der Waals surface area contributed by atoms with Crippen molar-refractivity contribution in [1.82, 2.24) is 15.1 Å². The van der Waals surface area contributed by atoms with Crippen molar-refractivity contribution >= 4 is 5.91 Å². The predicted octanol–water partition coefficient (Wildman–Crippen LogP) is 0.789. The molecule has 1 unspecified atom stereocenters. The average Bonchev–Trinajstić information content (AvgIpc) is 2.99. The van der Waals surface area contributed by atoms with E-state index in [-0.39, 0.29) is 17.5 Å². The van der Waals surface area contributed by atoms with E-state index in [1.54, 1.807) is 0 Å². The van der Waals surface area contributed by atoms with Gasteiger partial charge in [-0.05, 0) is 33.6 Å². The Morgan fingerprint density at radius 3 is 2.33 bits per heavy atom. The molecule has 122 valence electrons. The van der Waals surface area contributed by atoms with Crippen LogP contribution in [0.4, 0.5) is 0 Å². The molecule has 1 aliphatic heterocycles. The Morgan fingerprint density at radius 2 is 1.81 bits per heavy atom.